The number of carbonyl (C=O) groups excluding carboxylic acids is 1. The van der Waals surface area contributed by atoms with E-state index in [2.05, 4.69) is 9.97 Å². The molecule has 7 nitrogen and oxygen atoms in total. The van der Waals surface area contributed by atoms with Crippen LogP contribution in [0.2, 0.25) is 0 Å². The van der Waals surface area contributed by atoms with Crippen LogP contribution in [0.1, 0.15) is 0 Å². The maximum atomic E-state index is 14.6. The number of pyridine rings is 1. The average molecular weight is 390 g/mol. The Labute approximate surface area is 161 Å². The molecule has 9 heteroatoms. The van der Waals surface area contributed by atoms with Gasteiger partial charge >= 0.3 is 6.09 Å². The van der Waals surface area contributed by atoms with Crippen LogP contribution in [0.4, 0.5) is 14.9 Å². The summed E-state index contributed by atoms with van der Waals surface area (Å²) in [5, 5.41) is 0. The minimum Gasteiger partial charge on any atom is -0.443 e. The summed E-state index contributed by atoms with van der Waals surface area (Å²) in [5.41, 5.74) is 7.01. The number of aromatic nitrogens is 3. The van der Waals surface area contributed by atoms with Crippen LogP contribution in [-0.4, -0.2) is 39.8 Å². The van der Waals surface area contributed by atoms with Crippen molar-refractivity contribution in [3.05, 3.63) is 61.1 Å². The number of hydrogen-bond acceptors (Lipinski definition) is 5. The lowest BCUT2D eigenvalue weighted by atomic mass is 10.1. The third kappa shape index (κ3) is 3.62. The number of cyclic esters (lactones) is 1. The lowest BCUT2D eigenvalue weighted by molar-refractivity contribution is 0.145. The van der Waals surface area contributed by atoms with Gasteiger partial charge in [0.15, 0.2) is 0 Å². The van der Waals surface area contributed by atoms with Crippen molar-refractivity contribution in [1.29, 1.82) is 0 Å². The third-order valence-electron chi connectivity index (χ3n) is 4.23. The van der Waals surface area contributed by atoms with Crippen LogP contribution in [0.15, 0.2) is 55.2 Å². The molecular formula is C18H17ClFN5O2. The molecule has 3 heterocycles. The number of nitrogens with zero attached hydrogens (tertiary/aromatic N) is 4. The van der Waals surface area contributed by atoms with Gasteiger partial charge < -0.3 is 10.5 Å². The van der Waals surface area contributed by atoms with Crippen molar-refractivity contribution >= 4 is 24.2 Å². The van der Waals surface area contributed by atoms with Gasteiger partial charge in [0, 0.05) is 36.3 Å². The van der Waals surface area contributed by atoms with E-state index in [4.69, 9.17) is 10.5 Å². The summed E-state index contributed by atoms with van der Waals surface area (Å²) in [5.74, 6) is 0.250. The topological polar surface area (TPSA) is 86.3 Å². The highest BCUT2D eigenvalue weighted by molar-refractivity contribution is 5.90. The second-order valence-electron chi connectivity index (χ2n) is 5.89. The number of rotatable bonds is 4. The van der Waals surface area contributed by atoms with Gasteiger partial charge in [0.05, 0.1) is 12.2 Å². The molecule has 1 fully saturated rings. The Morgan fingerprint density at radius 1 is 1.30 bits per heavy atom. The first-order valence-electron chi connectivity index (χ1n) is 8.08. The number of hydrogen-bond donors (Lipinski definition) is 1. The summed E-state index contributed by atoms with van der Waals surface area (Å²) >= 11 is 0. The number of amides is 1. The molecule has 1 atom stereocenters. The van der Waals surface area contributed by atoms with Crippen LogP contribution in [0.25, 0.3) is 16.9 Å². The quantitative estimate of drug-likeness (QED) is 0.741. The molecule has 0 radical (unpaired) electrons. The second-order valence-corrected chi connectivity index (χ2v) is 5.89. The van der Waals surface area contributed by atoms with Gasteiger partial charge in [-0.2, -0.15) is 0 Å². The molecule has 2 N–H and O–H groups in total. The van der Waals surface area contributed by atoms with Crippen molar-refractivity contribution in [3.8, 4) is 16.9 Å². The minimum absolute atomic E-state index is 0. The van der Waals surface area contributed by atoms with E-state index in [1.54, 1.807) is 53.8 Å². The van der Waals surface area contributed by atoms with Crippen molar-refractivity contribution in [3.63, 3.8) is 0 Å². The summed E-state index contributed by atoms with van der Waals surface area (Å²) in [6.45, 7) is 0.549. The van der Waals surface area contributed by atoms with Crippen LogP contribution < -0.4 is 10.6 Å². The third-order valence-corrected chi connectivity index (χ3v) is 4.23. The molecule has 1 saturated heterocycles. The molecule has 1 aliphatic rings. The number of imidazole rings is 1. The Hall–Kier alpha value is -2.97. The molecule has 0 saturated carbocycles. The molecule has 0 bridgehead atoms. The largest absolute Gasteiger partial charge is 0.443 e. The number of nitrogens with two attached hydrogens (primary N) is 1. The van der Waals surface area contributed by atoms with Crippen molar-refractivity contribution in [2.24, 2.45) is 5.73 Å². The summed E-state index contributed by atoms with van der Waals surface area (Å²) < 4.78 is 21.5. The highest BCUT2D eigenvalue weighted by Crippen LogP contribution is 2.29. The van der Waals surface area contributed by atoms with Crippen LogP contribution in [-0.2, 0) is 4.74 Å². The summed E-state index contributed by atoms with van der Waals surface area (Å²) in [4.78, 5) is 21.5. The molecule has 1 aliphatic heterocycles. The predicted octanol–water partition coefficient (Wildman–Crippen LogP) is 2.78. The van der Waals surface area contributed by atoms with E-state index < -0.39 is 11.9 Å². The first kappa shape index (κ1) is 18.8. The number of carbonyl (C=O) groups is 1. The maximum Gasteiger partial charge on any atom is 0.414 e. The fourth-order valence-corrected chi connectivity index (χ4v) is 2.85. The Kier molecular flexibility index (Phi) is 5.38. The van der Waals surface area contributed by atoms with Crippen molar-refractivity contribution < 1.29 is 13.9 Å². The van der Waals surface area contributed by atoms with Crippen molar-refractivity contribution in [2.45, 2.75) is 6.10 Å². The monoisotopic (exact) mass is 389 g/mol. The van der Waals surface area contributed by atoms with Gasteiger partial charge in [0.2, 0.25) is 0 Å². The molecule has 140 valence electrons. The molecule has 0 spiro atoms. The fraction of sp³-hybridized carbons (Fsp3) is 0.167. The molecular weight excluding hydrogens is 373 g/mol. The van der Waals surface area contributed by atoms with E-state index in [1.165, 1.54) is 11.0 Å². The van der Waals surface area contributed by atoms with Gasteiger partial charge in [0.25, 0.3) is 0 Å². The van der Waals surface area contributed by atoms with Gasteiger partial charge in [-0.05, 0) is 30.3 Å². The van der Waals surface area contributed by atoms with Gasteiger partial charge in [-0.3, -0.25) is 9.47 Å². The average Bonchev–Trinajstić information content (AvgIpc) is 3.31. The van der Waals surface area contributed by atoms with Crippen LogP contribution in [0.5, 0.6) is 0 Å². The van der Waals surface area contributed by atoms with E-state index in [-0.39, 0.29) is 25.1 Å². The molecule has 1 amide bonds. The van der Waals surface area contributed by atoms with E-state index in [0.717, 1.165) is 0 Å². The van der Waals surface area contributed by atoms with Crippen molar-refractivity contribution in [1.82, 2.24) is 14.5 Å². The van der Waals surface area contributed by atoms with E-state index in [9.17, 15) is 9.18 Å². The van der Waals surface area contributed by atoms with Crippen LogP contribution in [0.3, 0.4) is 0 Å². The van der Waals surface area contributed by atoms with Gasteiger partial charge in [0.1, 0.15) is 24.1 Å². The molecule has 4 rings (SSSR count). The normalized spacial score (nSPS) is 16.1. The molecule has 0 aliphatic carbocycles. The molecule has 27 heavy (non-hydrogen) atoms. The van der Waals surface area contributed by atoms with Gasteiger partial charge in [-0.1, -0.05) is 0 Å². The van der Waals surface area contributed by atoms with E-state index >= 15 is 0 Å². The Balaban J connectivity index is 0.00000210. The second kappa shape index (κ2) is 7.73. The first-order valence-corrected chi connectivity index (χ1v) is 8.08. The van der Waals surface area contributed by atoms with Crippen LogP contribution in [0, 0.1) is 5.82 Å². The predicted molar refractivity (Wildman–Crippen MR) is 101 cm³/mol. The zero-order valence-electron chi connectivity index (χ0n) is 14.2. The first-order chi connectivity index (χ1) is 12.7. The molecule has 0 unspecified atom stereocenters. The molecule has 2 aromatic heterocycles. The highest BCUT2D eigenvalue weighted by atomic mass is 35.5. The summed E-state index contributed by atoms with van der Waals surface area (Å²) in [7, 11) is 0. The zero-order valence-corrected chi connectivity index (χ0v) is 15.0. The Morgan fingerprint density at radius 3 is 2.74 bits per heavy atom. The van der Waals surface area contributed by atoms with E-state index in [1.807, 2.05) is 0 Å². The fourth-order valence-electron chi connectivity index (χ4n) is 2.85. The number of ether oxygens (including phenoxy) is 1. The Morgan fingerprint density at radius 2 is 2.15 bits per heavy atom. The lowest BCUT2D eigenvalue weighted by Crippen LogP contribution is -2.27. The smallest absolute Gasteiger partial charge is 0.414 e. The number of benzene rings is 1. The van der Waals surface area contributed by atoms with E-state index in [0.29, 0.717) is 29.2 Å². The summed E-state index contributed by atoms with van der Waals surface area (Å²) in [6.07, 6.45) is 5.79. The summed E-state index contributed by atoms with van der Waals surface area (Å²) in [6, 6.07) is 8.20. The van der Waals surface area contributed by atoms with Crippen molar-refractivity contribution in [2.75, 3.05) is 18.0 Å². The highest BCUT2D eigenvalue weighted by Gasteiger charge is 2.31. The standard InChI is InChI=1S/C18H16FN5O2.ClH/c19-16-7-13(24-10-14(8-20)26-18(24)25)2-3-15(16)12-1-4-17(22-9-12)23-6-5-21-11-23;/h1-7,9,11,14H,8,10,20H2;1H/t14-;/m0./s1. The van der Waals surface area contributed by atoms with Gasteiger partial charge in [-0.15, -0.1) is 12.4 Å². The number of anilines is 1. The zero-order chi connectivity index (χ0) is 18.1. The minimum atomic E-state index is -0.515. The van der Waals surface area contributed by atoms with Crippen LogP contribution >= 0.6 is 12.4 Å². The Bertz CT molecular complexity index is 933. The maximum absolute atomic E-state index is 14.6. The molecule has 1 aromatic carbocycles. The lowest BCUT2D eigenvalue weighted by Gasteiger charge is -2.14. The molecule has 3 aromatic rings. The van der Waals surface area contributed by atoms with Gasteiger partial charge in [-0.25, -0.2) is 19.2 Å². The number of halogens is 2. The SMILES string of the molecule is Cl.NC[C@H]1CN(c2ccc(-c3ccc(-n4ccnc4)nc3)c(F)c2)C(=O)O1.